The van der Waals surface area contributed by atoms with E-state index in [-0.39, 0.29) is 11.1 Å². The Kier molecular flexibility index (Phi) is 1.74. The summed E-state index contributed by atoms with van der Waals surface area (Å²) >= 11 is 0. The molecule has 70 valence electrons. The van der Waals surface area contributed by atoms with Gasteiger partial charge in [-0.05, 0) is 23.4 Å². The van der Waals surface area contributed by atoms with Crippen LogP contribution in [-0.4, -0.2) is 4.98 Å². The number of hydrogen-bond donors (Lipinski definition) is 1. The minimum absolute atomic E-state index is 0.108. The van der Waals surface area contributed by atoms with Gasteiger partial charge in [-0.25, -0.2) is 9.59 Å². The highest BCUT2D eigenvalue weighted by molar-refractivity contribution is 5.79. The number of nitrogens with one attached hydrogen (secondary N) is 1. The third kappa shape index (κ3) is 1.22. The summed E-state index contributed by atoms with van der Waals surface area (Å²) in [5.41, 5.74) is -0.357. The Morgan fingerprint density at radius 1 is 1.29 bits per heavy atom. The molecule has 0 saturated carbocycles. The van der Waals surface area contributed by atoms with Crippen molar-refractivity contribution in [3.63, 3.8) is 0 Å². The molecule has 0 bridgehead atoms. The van der Waals surface area contributed by atoms with Crippen LogP contribution >= 0.6 is 0 Å². The van der Waals surface area contributed by atoms with E-state index in [0.29, 0.717) is 5.52 Å². The van der Waals surface area contributed by atoms with Crippen LogP contribution in [0.3, 0.4) is 0 Å². The zero-order valence-electron chi connectivity index (χ0n) is 6.81. The highest BCUT2D eigenvalue weighted by atomic mass is 16.4. The van der Waals surface area contributed by atoms with Gasteiger partial charge in [0.25, 0.3) is 0 Å². The van der Waals surface area contributed by atoms with E-state index in [9.17, 15) is 14.5 Å². The quantitative estimate of drug-likeness (QED) is 0.678. The summed E-state index contributed by atoms with van der Waals surface area (Å²) in [6.07, 6.45) is 0. The fraction of sp³-hybridized carbons (Fsp3) is 0. The van der Waals surface area contributed by atoms with Crippen LogP contribution in [0.4, 0.5) is 5.69 Å². The lowest BCUT2D eigenvalue weighted by atomic mass is 10.2. The Morgan fingerprint density at radius 3 is 2.79 bits per heavy atom. The smallest absolute Gasteiger partial charge is 0.372 e. The lowest BCUT2D eigenvalue weighted by molar-refractivity contribution is 0.460. The molecule has 6 heteroatoms. The number of aromatic nitrogens is 1. The topological polar surface area (TPSA) is 92.5 Å². The van der Waals surface area contributed by atoms with E-state index in [0.717, 1.165) is 0 Å². The third-order valence-corrected chi connectivity index (χ3v) is 1.75. The van der Waals surface area contributed by atoms with E-state index in [1.54, 1.807) is 0 Å². The van der Waals surface area contributed by atoms with Crippen LogP contribution in [0.25, 0.3) is 10.9 Å². The summed E-state index contributed by atoms with van der Waals surface area (Å²) in [5.74, 6) is -0.825. The number of rotatable bonds is 1. The molecular weight excluding hydrogens is 188 g/mol. The molecule has 1 aromatic carbocycles. The highest BCUT2D eigenvalue weighted by Crippen LogP contribution is 2.15. The Bertz CT molecular complexity index is 611. The second-order valence-corrected chi connectivity index (χ2v) is 2.62. The number of hydrogen-bond acceptors (Lipinski definition) is 5. The van der Waals surface area contributed by atoms with Crippen molar-refractivity contribution in [1.29, 1.82) is 0 Å². The van der Waals surface area contributed by atoms with Gasteiger partial charge in [0.05, 0.1) is 10.9 Å². The zero-order valence-corrected chi connectivity index (χ0v) is 6.81. The Hall–Kier alpha value is -2.24. The van der Waals surface area contributed by atoms with Gasteiger partial charge in [-0.3, -0.25) is 4.98 Å². The van der Waals surface area contributed by atoms with E-state index >= 15 is 0 Å². The molecule has 0 fully saturated rings. The molecule has 6 nitrogen and oxygen atoms in total. The van der Waals surface area contributed by atoms with Crippen LogP contribution in [0.5, 0.6) is 0 Å². The van der Waals surface area contributed by atoms with E-state index in [1.807, 2.05) is 0 Å². The fourth-order valence-electron chi connectivity index (χ4n) is 1.14. The summed E-state index contributed by atoms with van der Waals surface area (Å²) < 4.78 is 4.28. The van der Waals surface area contributed by atoms with Crippen molar-refractivity contribution < 1.29 is 4.42 Å². The first-order valence-electron chi connectivity index (χ1n) is 3.71. The summed E-state index contributed by atoms with van der Waals surface area (Å²) in [7, 11) is 0. The van der Waals surface area contributed by atoms with E-state index in [4.69, 9.17) is 0 Å². The molecule has 0 saturated heterocycles. The normalized spacial score (nSPS) is 10.3. The first kappa shape index (κ1) is 8.36. The van der Waals surface area contributed by atoms with Gasteiger partial charge in [-0.15, -0.1) is 4.91 Å². The van der Waals surface area contributed by atoms with Gasteiger partial charge < -0.3 is 4.42 Å². The molecule has 0 radical (unpaired) electrons. The van der Waals surface area contributed by atoms with Crippen molar-refractivity contribution in [3.05, 3.63) is 44.1 Å². The largest absolute Gasteiger partial charge is 0.419 e. The van der Waals surface area contributed by atoms with E-state index in [1.165, 1.54) is 18.2 Å². The van der Waals surface area contributed by atoms with Crippen molar-refractivity contribution >= 4 is 16.6 Å². The number of benzene rings is 1. The molecule has 0 atom stereocenters. The number of H-pyrrole nitrogens is 1. The van der Waals surface area contributed by atoms with Crippen molar-refractivity contribution in [1.82, 2.24) is 4.98 Å². The maximum atomic E-state index is 11.1. The highest BCUT2D eigenvalue weighted by Gasteiger charge is 2.03. The molecule has 2 rings (SSSR count). The molecule has 1 N–H and O–H groups in total. The molecule has 0 spiro atoms. The summed E-state index contributed by atoms with van der Waals surface area (Å²) in [4.78, 5) is 34.4. The molecule has 0 amide bonds. The van der Waals surface area contributed by atoms with Crippen LogP contribution in [0, 0.1) is 4.91 Å². The standard InChI is InChI=1S/C8H4N2O4/c11-7-5-3-4(10-13)1-2-6(5)9-8(12)14-7/h1-3H,(H,9,12). The summed E-state index contributed by atoms with van der Waals surface area (Å²) in [6, 6.07) is 4.07. The Balaban J connectivity index is 2.96. The first-order chi connectivity index (χ1) is 6.70. The molecular formula is C8H4N2O4. The van der Waals surface area contributed by atoms with Gasteiger partial charge in [0, 0.05) is 0 Å². The summed E-state index contributed by atoms with van der Waals surface area (Å²) in [6.45, 7) is 0. The number of fused-ring (bicyclic) bond motifs is 1. The zero-order chi connectivity index (χ0) is 10.1. The molecule has 0 aliphatic carbocycles. The fourth-order valence-corrected chi connectivity index (χ4v) is 1.14. The van der Waals surface area contributed by atoms with Crippen LogP contribution < -0.4 is 11.4 Å². The van der Waals surface area contributed by atoms with E-state index in [2.05, 4.69) is 14.6 Å². The van der Waals surface area contributed by atoms with Crippen molar-refractivity contribution in [2.75, 3.05) is 0 Å². The minimum Gasteiger partial charge on any atom is -0.372 e. The van der Waals surface area contributed by atoms with Gasteiger partial charge in [0.2, 0.25) is 0 Å². The molecule has 14 heavy (non-hydrogen) atoms. The average molecular weight is 192 g/mol. The van der Waals surface area contributed by atoms with Gasteiger partial charge in [-0.2, -0.15) is 0 Å². The van der Waals surface area contributed by atoms with Crippen LogP contribution in [0.1, 0.15) is 0 Å². The molecule has 1 aromatic heterocycles. The van der Waals surface area contributed by atoms with Gasteiger partial charge >= 0.3 is 11.4 Å². The average Bonchev–Trinajstić information content (AvgIpc) is 2.17. The van der Waals surface area contributed by atoms with Crippen molar-refractivity contribution in [3.8, 4) is 0 Å². The van der Waals surface area contributed by atoms with E-state index < -0.39 is 11.4 Å². The number of aromatic amines is 1. The number of nitrogens with zero attached hydrogens (tertiary/aromatic N) is 1. The Labute approximate surface area is 76.2 Å². The lowest BCUT2D eigenvalue weighted by Crippen LogP contribution is -2.14. The minimum atomic E-state index is -0.825. The second-order valence-electron chi connectivity index (χ2n) is 2.62. The van der Waals surface area contributed by atoms with Crippen molar-refractivity contribution in [2.24, 2.45) is 5.18 Å². The lowest BCUT2D eigenvalue weighted by Gasteiger charge is -1.94. The Morgan fingerprint density at radius 2 is 2.07 bits per heavy atom. The second kappa shape index (κ2) is 2.91. The maximum Gasteiger partial charge on any atom is 0.419 e. The summed E-state index contributed by atoms with van der Waals surface area (Å²) in [5, 5.41) is 2.79. The molecule has 0 aliphatic heterocycles. The predicted molar refractivity (Wildman–Crippen MR) is 48.6 cm³/mol. The molecule has 0 aliphatic rings. The van der Waals surface area contributed by atoms with Gasteiger partial charge in [0.15, 0.2) is 0 Å². The predicted octanol–water partition coefficient (Wildman–Crippen LogP) is 0.879. The van der Waals surface area contributed by atoms with Gasteiger partial charge in [0.1, 0.15) is 5.69 Å². The molecule has 2 aromatic rings. The maximum absolute atomic E-state index is 11.1. The van der Waals surface area contributed by atoms with Gasteiger partial charge in [-0.1, -0.05) is 0 Å². The van der Waals surface area contributed by atoms with Crippen molar-refractivity contribution in [2.45, 2.75) is 0 Å². The molecule has 1 heterocycles. The number of nitroso groups, excluding NO2 is 1. The van der Waals surface area contributed by atoms with Crippen LogP contribution in [-0.2, 0) is 0 Å². The van der Waals surface area contributed by atoms with Crippen LogP contribution in [0.2, 0.25) is 0 Å². The molecule has 0 unspecified atom stereocenters. The monoisotopic (exact) mass is 192 g/mol. The third-order valence-electron chi connectivity index (χ3n) is 1.75. The first-order valence-corrected chi connectivity index (χ1v) is 3.71. The van der Waals surface area contributed by atoms with Crippen LogP contribution in [0.15, 0.2) is 37.4 Å². The SMILES string of the molecule is O=Nc1ccc2[nH]c(=O)oc(=O)c2c1.